The van der Waals surface area contributed by atoms with Gasteiger partial charge < -0.3 is 9.11 Å². The Morgan fingerprint density at radius 3 is 1.96 bits per heavy atom. The molecule has 0 aliphatic carbocycles. The average molecular weight is 772 g/mol. The van der Waals surface area contributed by atoms with Gasteiger partial charge in [-0.1, -0.05) is 42.5 Å². The van der Waals surface area contributed by atoms with Crippen molar-refractivity contribution in [2.24, 2.45) is 20.4 Å². The zero-order valence-corrected chi connectivity index (χ0v) is 33.1. The van der Waals surface area contributed by atoms with E-state index in [0.29, 0.717) is 10.8 Å². The van der Waals surface area contributed by atoms with Gasteiger partial charge in [0.2, 0.25) is 10.9 Å². The van der Waals surface area contributed by atoms with Crippen molar-refractivity contribution in [1.29, 1.82) is 0 Å². The SMILES string of the molecule is O=c1c(N=Nc2cccc3cc(S(=O)(=O)[O-])ccc23)c/c(=N\Nc2ccc([N+](=O)[O-])cc2)c(=O)/c1=N/Nc1ccc(S(=O)(=O)[O-])c2ccccc12.[Na+].[Na+]. The molecule has 0 bridgehead atoms. The Balaban J connectivity index is 0.00000314. The molecule has 6 rings (SSSR count). The van der Waals surface area contributed by atoms with Crippen LogP contribution in [0.25, 0.3) is 21.5 Å². The molecule has 0 radical (unpaired) electrons. The molecule has 0 aliphatic rings. The summed E-state index contributed by atoms with van der Waals surface area (Å²) in [4.78, 5) is 36.6. The number of nitrogens with one attached hydrogen (secondary N) is 2. The van der Waals surface area contributed by atoms with E-state index < -0.39 is 56.9 Å². The summed E-state index contributed by atoms with van der Waals surface area (Å²) in [5.74, 6) is 0. The number of fused-ring (bicyclic) bond motifs is 2. The smallest absolute Gasteiger partial charge is 0.744 e. The minimum atomic E-state index is -4.85. The van der Waals surface area contributed by atoms with E-state index in [1.807, 2.05) is 0 Å². The fraction of sp³-hybridized carbons (Fsp3) is 0. The second-order valence-corrected chi connectivity index (χ2v) is 13.3. The summed E-state index contributed by atoms with van der Waals surface area (Å²) in [5, 5.41) is 27.2. The molecule has 0 heterocycles. The Hall–Kier alpha value is -4.54. The first-order valence-corrected chi connectivity index (χ1v) is 17.1. The van der Waals surface area contributed by atoms with Gasteiger partial charge in [-0.25, -0.2) is 16.8 Å². The van der Waals surface area contributed by atoms with Crippen LogP contribution < -0.4 is 91.5 Å². The van der Waals surface area contributed by atoms with Crippen molar-refractivity contribution in [3.63, 3.8) is 0 Å². The van der Waals surface area contributed by atoms with Gasteiger partial charge in [-0.15, -0.1) is 10.2 Å². The molecule has 0 saturated heterocycles. The van der Waals surface area contributed by atoms with Crippen LogP contribution in [0.2, 0.25) is 0 Å². The average Bonchev–Trinajstić information content (AvgIpc) is 3.09. The number of non-ortho nitro benzene ring substituents is 1. The molecule has 0 aromatic heterocycles. The maximum absolute atomic E-state index is 13.6. The summed E-state index contributed by atoms with van der Waals surface area (Å²) in [6, 6.07) is 22.6. The molecule has 17 nitrogen and oxygen atoms in total. The van der Waals surface area contributed by atoms with Crippen LogP contribution in [0.15, 0.2) is 143 Å². The molecule has 0 saturated carbocycles. The molecule has 0 spiro atoms. The molecule has 21 heteroatoms. The number of nitro groups is 1. The quantitative estimate of drug-likeness (QED) is 0.0512. The van der Waals surface area contributed by atoms with Crippen LogP contribution >= 0.6 is 0 Å². The molecule has 0 amide bonds. The van der Waals surface area contributed by atoms with Gasteiger partial charge in [0.25, 0.3) is 5.69 Å². The fourth-order valence-corrected chi connectivity index (χ4v) is 6.13. The molecule has 0 unspecified atom stereocenters. The van der Waals surface area contributed by atoms with Gasteiger partial charge in [-0.05, 0) is 47.9 Å². The molecule has 6 aromatic carbocycles. The third-order valence-corrected chi connectivity index (χ3v) is 9.10. The third-order valence-electron chi connectivity index (χ3n) is 7.38. The number of hydrogen-bond acceptors (Lipinski definition) is 16. The number of rotatable bonds is 9. The normalized spacial score (nSPS) is 12.4. The monoisotopic (exact) mass is 771 g/mol. The summed E-state index contributed by atoms with van der Waals surface area (Å²) < 4.78 is 70.0. The number of hydrogen-bond donors (Lipinski definition) is 2. The van der Waals surface area contributed by atoms with Crippen molar-refractivity contribution in [2.75, 3.05) is 10.9 Å². The summed E-state index contributed by atoms with van der Waals surface area (Å²) >= 11 is 0. The predicted molar refractivity (Wildman–Crippen MR) is 181 cm³/mol. The van der Waals surface area contributed by atoms with E-state index in [-0.39, 0.29) is 98.0 Å². The van der Waals surface area contributed by atoms with Gasteiger partial charge in [0.05, 0.1) is 31.8 Å². The zero-order valence-electron chi connectivity index (χ0n) is 27.5. The van der Waals surface area contributed by atoms with Crippen molar-refractivity contribution >= 4 is 70.2 Å². The molecular formula is C32H19N7Na2O10S2. The number of anilines is 2. The van der Waals surface area contributed by atoms with Crippen LogP contribution in [0.1, 0.15) is 0 Å². The third kappa shape index (κ3) is 9.16. The van der Waals surface area contributed by atoms with E-state index in [0.717, 1.165) is 24.3 Å². The zero-order chi connectivity index (χ0) is 36.5. The maximum Gasteiger partial charge on any atom is 1.00 e. The molecule has 0 fully saturated rings. The topological polar surface area (TPSA) is 265 Å². The minimum Gasteiger partial charge on any atom is -0.744 e. The van der Waals surface area contributed by atoms with Crippen LogP contribution in [0.3, 0.4) is 0 Å². The van der Waals surface area contributed by atoms with Gasteiger partial charge >= 0.3 is 59.1 Å². The number of nitro benzene ring substituents is 1. The molecular weight excluding hydrogens is 753 g/mol. The van der Waals surface area contributed by atoms with Crippen LogP contribution in [-0.2, 0) is 20.2 Å². The molecule has 2 N–H and O–H groups in total. The van der Waals surface area contributed by atoms with Crippen LogP contribution in [0, 0.1) is 10.1 Å². The predicted octanol–water partition coefficient (Wildman–Crippen LogP) is -2.42. The van der Waals surface area contributed by atoms with E-state index in [2.05, 4.69) is 31.3 Å². The Morgan fingerprint density at radius 1 is 0.623 bits per heavy atom. The van der Waals surface area contributed by atoms with Gasteiger partial charge in [0.1, 0.15) is 31.3 Å². The van der Waals surface area contributed by atoms with Crippen LogP contribution in [-0.4, -0.2) is 30.9 Å². The van der Waals surface area contributed by atoms with E-state index in [1.54, 1.807) is 12.1 Å². The Labute approximate surface area is 342 Å². The van der Waals surface area contributed by atoms with Crippen molar-refractivity contribution < 1.29 is 90.0 Å². The first-order valence-electron chi connectivity index (χ1n) is 14.3. The molecule has 6 aromatic rings. The number of azo groups is 1. The van der Waals surface area contributed by atoms with E-state index >= 15 is 0 Å². The molecule has 256 valence electrons. The number of nitrogens with zero attached hydrogens (tertiary/aromatic N) is 5. The number of benzene rings is 6. The first kappa shape index (κ1) is 41.2. The first-order chi connectivity index (χ1) is 24.2. The Morgan fingerprint density at radius 2 is 1.30 bits per heavy atom. The molecule has 0 atom stereocenters. The molecule has 0 aliphatic heterocycles. The largest absolute Gasteiger partial charge is 1.00 e. The van der Waals surface area contributed by atoms with Gasteiger partial charge in [0.15, 0.2) is 5.36 Å². The fourth-order valence-electron chi connectivity index (χ4n) is 4.95. The Kier molecular flexibility index (Phi) is 12.9. The van der Waals surface area contributed by atoms with Gasteiger partial charge in [-0.2, -0.15) is 10.2 Å². The van der Waals surface area contributed by atoms with Crippen molar-refractivity contribution in [1.82, 2.24) is 0 Å². The maximum atomic E-state index is 13.6. The molecule has 53 heavy (non-hydrogen) atoms. The van der Waals surface area contributed by atoms with Crippen LogP contribution in [0.5, 0.6) is 0 Å². The van der Waals surface area contributed by atoms with Crippen molar-refractivity contribution in [3.8, 4) is 0 Å². The van der Waals surface area contributed by atoms with E-state index in [4.69, 9.17) is 0 Å². The van der Waals surface area contributed by atoms with E-state index in [9.17, 15) is 45.6 Å². The second-order valence-electron chi connectivity index (χ2n) is 10.6. The van der Waals surface area contributed by atoms with Crippen LogP contribution in [0.4, 0.5) is 28.4 Å². The summed E-state index contributed by atoms with van der Waals surface area (Å²) in [7, 11) is -9.59. The van der Waals surface area contributed by atoms with Crippen molar-refractivity contribution in [3.05, 3.63) is 144 Å². The van der Waals surface area contributed by atoms with E-state index in [1.165, 1.54) is 66.7 Å². The summed E-state index contributed by atoms with van der Waals surface area (Å²) in [6.45, 7) is 0. The van der Waals surface area contributed by atoms with Crippen molar-refractivity contribution in [2.45, 2.75) is 9.79 Å². The van der Waals surface area contributed by atoms with Gasteiger partial charge in [-0.3, -0.25) is 30.6 Å². The second kappa shape index (κ2) is 16.6. The minimum absolute atomic E-state index is 0. The summed E-state index contributed by atoms with van der Waals surface area (Å²) in [6.07, 6.45) is 0. The summed E-state index contributed by atoms with van der Waals surface area (Å²) in [5.41, 5.74) is 3.16. The standard InChI is InChI=1S/C32H21N7O10S2.2Na/c40-31-27(36-33-19-8-10-20(11-9-19)39(42)43)17-28(37-34-25-7-3-4-18-16-21(50(44,45)46)12-13-22(18)25)32(41)30(31)38-35-26-14-15-29(51(47,48)49)24-6-2-1-5-23(24)26;;/h1-17,33,35H,(H,44,45,46)(H,47,48,49);;/q;2*+1/p-2/b36-27+,37-34?,38-30-;;. The Bertz CT molecular complexity index is 2900. The van der Waals surface area contributed by atoms with Gasteiger partial charge in [0, 0.05) is 34.4 Å².